The number of benzene rings is 1. The average Bonchev–Trinajstić information content (AvgIpc) is 3.25. The van der Waals surface area contributed by atoms with Crippen molar-refractivity contribution in [1.82, 2.24) is 15.5 Å². The van der Waals surface area contributed by atoms with Gasteiger partial charge in [-0.15, -0.1) is 24.0 Å². The van der Waals surface area contributed by atoms with E-state index in [4.69, 9.17) is 14.5 Å². The first-order valence-corrected chi connectivity index (χ1v) is 11.0. The van der Waals surface area contributed by atoms with Crippen LogP contribution in [0.15, 0.2) is 29.3 Å². The first-order valence-electron chi connectivity index (χ1n) is 11.0. The highest BCUT2D eigenvalue weighted by Crippen LogP contribution is 2.21. The van der Waals surface area contributed by atoms with Gasteiger partial charge in [0.2, 0.25) is 0 Å². The minimum atomic E-state index is -0.265. The fraction of sp³-hybridized carbons (Fsp3) is 0.652. The van der Waals surface area contributed by atoms with Gasteiger partial charge >= 0.3 is 0 Å². The molecule has 1 amide bonds. The number of amides is 1. The number of halogens is 1. The molecule has 2 saturated heterocycles. The summed E-state index contributed by atoms with van der Waals surface area (Å²) >= 11 is 0. The van der Waals surface area contributed by atoms with E-state index in [9.17, 15) is 4.79 Å². The maximum atomic E-state index is 12.5. The lowest BCUT2D eigenvalue weighted by atomic mass is 10.1. The third kappa shape index (κ3) is 7.91. The third-order valence-corrected chi connectivity index (χ3v) is 5.20. The number of carbonyl (C=O) groups excluding carboxylic acids is 1. The Morgan fingerprint density at radius 1 is 1.23 bits per heavy atom. The summed E-state index contributed by atoms with van der Waals surface area (Å²) < 4.78 is 11.8. The molecule has 31 heavy (non-hydrogen) atoms. The molecular formula is C23H37IN4O3. The highest BCUT2D eigenvalue weighted by molar-refractivity contribution is 14.0. The van der Waals surface area contributed by atoms with Gasteiger partial charge < -0.3 is 25.0 Å². The molecule has 2 aliphatic rings. The summed E-state index contributed by atoms with van der Waals surface area (Å²) in [5.41, 5.74) is 1.41. The van der Waals surface area contributed by atoms with E-state index in [-0.39, 0.29) is 47.6 Å². The van der Waals surface area contributed by atoms with Crippen molar-refractivity contribution in [1.29, 1.82) is 0 Å². The standard InChI is InChI=1S/C23H36N4O3.HI/c1-5-24-22(27-11-13-30-20(16-27)19-10-7-12-29-19)25-15-17-8-6-9-18(14-17)21(28)26-23(2,3)4;/h6,8-9,14,19-20H,5,7,10-13,15-16H2,1-4H3,(H,24,25)(H,26,28);1H. The summed E-state index contributed by atoms with van der Waals surface area (Å²) in [7, 11) is 0. The van der Waals surface area contributed by atoms with Crippen molar-refractivity contribution in [3.8, 4) is 0 Å². The molecule has 7 nitrogen and oxygen atoms in total. The number of nitrogens with one attached hydrogen (secondary N) is 2. The lowest BCUT2D eigenvalue weighted by Gasteiger charge is -2.37. The van der Waals surface area contributed by atoms with Crippen molar-refractivity contribution in [3.63, 3.8) is 0 Å². The molecule has 2 atom stereocenters. The molecular weight excluding hydrogens is 507 g/mol. The Balaban J connectivity index is 0.00000341. The molecule has 0 aliphatic carbocycles. The number of morpholine rings is 1. The van der Waals surface area contributed by atoms with E-state index >= 15 is 0 Å². The molecule has 0 radical (unpaired) electrons. The minimum absolute atomic E-state index is 0. The van der Waals surface area contributed by atoms with E-state index in [2.05, 4.69) is 22.5 Å². The zero-order chi connectivity index (χ0) is 21.6. The molecule has 3 rings (SSSR count). The number of carbonyl (C=O) groups is 1. The van der Waals surface area contributed by atoms with Gasteiger partial charge in [0.05, 0.1) is 19.3 Å². The Labute approximate surface area is 203 Å². The molecule has 8 heteroatoms. The van der Waals surface area contributed by atoms with Gasteiger partial charge in [0.15, 0.2) is 5.96 Å². The first kappa shape index (κ1) is 25.9. The molecule has 0 spiro atoms. The second-order valence-corrected chi connectivity index (χ2v) is 8.98. The van der Waals surface area contributed by atoms with Gasteiger partial charge in [0.1, 0.15) is 6.10 Å². The maximum Gasteiger partial charge on any atom is 0.251 e. The molecule has 0 saturated carbocycles. The van der Waals surface area contributed by atoms with Crippen molar-refractivity contribution < 1.29 is 14.3 Å². The largest absolute Gasteiger partial charge is 0.375 e. The Morgan fingerprint density at radius 3 is 2.68 bits per heavy atom. The van der Waals surface area contributed by atoms with Crippen LogP contribution >= 0.6 is 24.0 Å². The number of ether oxygens (including phenoxy) is 2. The molecule has 2 unspecified atom stereocenters. The lowest BCUT2D eigenvalue weighted by molar-refractivity contribution is -0.0817. The highest BCUT2D eigenvalue weighted by atomic mass is 127. The van der Waals surface area contributed by atoms with Crippen LogP contribution in [-0.2, 0) is 16.0 Å². The van der Waals surface area contributed by atoms with Crippen LogP contribution in [0, 0.1) is 0 Å². The van der Waals surface area contributed by atoms with E-state index in [0.717, 1.165) is 50.6 Å². The summed E-state index contributed by atoms with van der Waals surface area (Å²) in [6.07, 6.45) is 2.45. The van der Waals surface area contributed by atoms with E-state index in [1.807, 2.05) is 45.0 Å². The third-order valence-electron chi connectivity index (χ3n) is 5.20. The number of aliphatic imine (C=N–C) groups is 1. The van der Waals surface area contributed by atoms with Gasteiger partial charge in [-0.2, -0.15) is 0 Å². The summed E-state index contributed by atoms with van der Waals surface area (Å²) in [6.45, 7) is 12.4. The SMILES string of the molecule is CCNC(=NCc1cccc(C(=O)NC(C)(C)C)c1)N1CCOC(C2CCCO2)C1.I. The van der Waals surface area contributed by atoms with Gasteiger partial charge in [0, 0.05) is 37.3 Å². The molecule has 174 valence electrons. The highest BCUT2D eigenvalue weighted by Gasteiger charge is 2.32. The van der Waals surface area contributed by atoms with Crippen LogP contribution in [0.25, 0.3) is 0 Å². The predicted octanol–water partition coefficient (Wildman–Crippen LogP) is 3.18. The van der Waals surface area contributed by atoms with Crippen molar-refractivity contribution in [2.45, 2.75) is 64.8 Å². The Kier molecular flexibility index (Phi) is 10.0. The number of hydrogen-bond donors (Lipinski definition) is 2. The van der Waals surface area contributed by atoms with E-state index < -0.39 is 0 Å². The van der Waals surface area contributed by atoms with Gasteiger partial charge in [0.25, 0.3) is 5.91 Å². The van der Waals surface area contributed by atoms with Crippen molar-refractivity contribution in [2.75, 3.05) is 32.8 Å². The van der Waals surface area contributed by atoms with Crippen LogP contribution in [-0.4, -0.2) is 67.4 Å². The summed E-state index contributed by atoms with van der Waals surface area (Å²) in [4.78, 5) is 19.6. The van der Waals surface area contributed by atoms with E-state index in [0.29, 0.717) is 18.7 Å². The molecule has 0 bridgehead atoms. The van der Waals surface area contributed by atoms with Gasteiger partial charge in [-0.05, 0) is 58.2 Å². The van der Waals surface area contributed by atoms with Crippen LogP contribution in [0.3, 0.4) is 0 Å². The van der Waals surface area contributed by atoms with Gasteiger partial charge in [-0.1, -0.05) is 12.1 Å². The molecule has 1 aromatic carbocycles. The first-order chi connectivity index (χ1) is 14.4. The predicted molar refractivity (Wildman–Crippen MR) is 134 cm³/mol. The second-order valence-electron chi connectivity index (χ2n) is 8.98. The fourth-order valence-electron chi connectivity index (χ4n) is 3.80. The molecule has 2 fully saturated rings. The molecule has 2 heterocycles. The number of nitrogens with zero attached hydrogens (tertiary/aromatic N) is 2. The van der Waals surface area contributed by atoms with Gasteiger partial charge in [-0.3, -0.25) is 4.79 Å². The normalized spacial score (nSPS) is 22.1. The quantitative estimate of drug-likeness (QED) is 0.339. The zero-order valence-electron chi connectivity index (χ0n) is 19.1. The Bertz CT molecular complexity index is 745. The molecule has 2 N–H and O–H groups in total. The fourth-order valence-corrected chi connectivity index (χ4v) is 3.80. The number of rotatable bonds is 5. The van der Waals surface area contributed by atoms with Gasteiger partial charge in [-0.25, -0.2) is 4.99 Å². The van der Waals surface area contributed by atoms with Crippen molar-refractivity contribution in [2.24, 2.45) is 4.99 Å². The number of hydrogen-bond acceptors (Lipinski definition) is 4. The van der Waals surface area contributed by atoms with Crippen LogP contribution in [0.5, 0.6) is 0 Å². The topological polar surface area (TPSA) is 75.2 Å². The second kappa shape index (κ2) is 12.0. The van der Waals surface area contributed by atoms with Crippen LogP contribution in [0.2, 0.25) is 0 Å². The van der Waals surface area contributed by atoms with Crippen molar-refractivity contribution in [3.05, 3.63) is 35.4 Å². The van der Waals surface area contributed by atoms with Crippen LogP contribution < -0.4 is 10.6 Å². The van der Waals surface area contributed by atoms with Crippen LogP contribution in [0.4, 0.5) is 0 Å². The molecule has 2 aliphatic heterocycles. The maximum absolute atomic E-state index is 12.5. The summed E-state index contributed by atoms with van der Waals surface area (Å²) in [5.74, 6) is 0.821. The minimum Gasteiger partial charge on any atom is -0.375 e. The Hall–Kier alpha value is -1.39. The van der Waals surface area contributed by atoms with Crippen molar-refractivity contribution >= 4 is 35.8 Å². The monoisotopic (exact) mass is 544 g/mol. The Morgan fingerprint density at radius 2 is 2.00 bits per heavy atom. The smallest absolute Gasteiger partial charge is 0.251 e. The lowest BCUT2D eigenvalue weighted by Crippen LogP contribution is -2.53. The average molecular weight is 544 g/mol. The zero-order valence-corrected chi connectivity index (χ0v) is 21.5. The van der Waals surface area contributed by atoms with Crippen LogP contribution in [0.1, 0.15) is 56.5 Å². The molecule has 1 aromatic rings. The molecule has 0 aromatic heterocycles. The number of guanidine groups is 1. The van der Waals surface area contributed by atoms with E-state index in [1.54, 1.807) is 0 Å². The summed E-state index contributed by atoms with van der Waals surface area (Å²) in [5, 5.41) is 6.41. The van der Waals surface area contributed by atoms with E-state index in [1.165, 1.54) is 0 Å². The summed E-state index contributed by atoms with van der Waals surface area (Å²) in [6, 6.07) is 7.68.